The largest absolute Gasteiger partial charge is 0.574 e. The number of halogens is 7. The molecular formula is C8H4BrF6NO2. The molecule has 0 aliphatic heterocycles. The van der Waals surface area contributed by atoms with Crippen LogP contribution in [0.3, 0.4) is 0 Å². The van der Waals surface area contributed by atoms with Gasteiger partial charge in [0.25, 0.3) is 0 Å². The fourth-order valence-corrected chi connectivity index (χ4v) is 1.43. The van der Waals surface area contributed by atoms with Crippen molar-refractivity contribution in [3.05, 3.63) is 17.3 Å². The van der Waals surface area contributed by atoms with Crippen LogP contribution < -0.4 is 4.74 Å². The van der Waals surface area contributed by atoms with Crippen molar-refractivity contribution in [1.29, 1.82) is 0 Å². The summed E-state index contributed by atoms with van der Waals surface area (Å²) in [4.78, 5) is 2.65. The summed E-state index contributed by atoms with van der Waals surface area (Å²) < 4.78 is 76.2. The second-order valence-electron chi connectivity index (χ2n) is 3.00. The Bertz CT molecular complexity index is 444. The second kappa shape index (κ2) is 4.82. The molecule has 0 spiro atoms. The number of aromatic hydroxyl groups is 1. The summed E-state index contributed by atoms with van der Waals surface area (Å²) in [7, 11) is 0. The van der Waals surface area contributed by atoms with Gasteiger partial charge in [0.1, 0.15) is 5.75 Å². The molecule has 0 aliphatic carbocycles. The lowest BCUT2D eigenvalue weighted by atomic mass is 10.2. The number of alkyl halides is 7. The van der Waals surface area contributed by atoms with Gasteiger partial charge in [0.05, 0.1) is 0 Å². The first-order valence-electron chi connectivity index (χ1n) is 4.16. The van der Waals surface area contributed by atoms with Crippen LogP contribution >= 0.6 is 15.9 Å². The molecule has 1 heterocycles. The Morgan fingerprint density at radius 1 is 1.22 bits per heavy atom. The van der Waals surface area contributed by atoms with Crippen LogP contribution in [0.2, 0.25) is 0 Å². The topological polar surface area (TPSA) is 42.4 Å². The third-order valence-corrected chi connectivity index (χ3v) is 2.27. The number of pyridine rings is 1. The normalized spacial score (nSPS) is 12.6. The van der Waals surface area contributed by atoms with E-state index in [9.17, 15) is 26.3 Å². The van der Waals surface area contributed by atoms with Crippen LogP contribution in [0.25, 0.3) is 0 Å². The lowest BCUT2D eigenvalue weighted by Gasteiger charge is -2.14. The van der Waals surface area contributed by atoms with Crippen molar-refractivity contribution in [3.63, 3.8) is 0 Å². The van der Waals surface area contributed by atoms with Gasteiger partial charge in [-0.25, -0.2) is 4.98 Å². The first-order valence-corrected chi connectivity index (χ1v) is 5.28. The molecule has 1 aromatic heterocycles. The molecule has 0 saturated heterocycles. The second-order valence-corrected chi connectivity index (χ2v) is 3.56. The number of hydrogen-bond acceptors (Lipinski definition) is 3. The number of hydrogen-bond donors (Lipinski definition) is 1. The molecule has 1 rings (SSSR count). The Balaban J connectivity index is 3.31. The molecule has 0 radical (unpaired) electrons. The summed E-state index contributed by atoms with van der Waals surface area (Å²) >= 11 is 2.75. The van der Waals surface area contributed by atoms with Gasteiger partial charge in [-0.3, -0.25) is 0 Å². The van der Waals surface area contributed by atoms with Gasteiger partial charge in [0, 0.05) is 10.9 Å². The highest BCUT2D eigenvalue weighted by atomic mass is 79.9. The molecule has 18 heavy (non-hydrogen) atoms. The third kappa shape index (κ3) is 3.65. The fourth-order valence-electron chi connectivity index (χ4n) is 1.03. The van der Waals surface area contributed by atoms with Crippen LogP contribution in [0.15, 0.2) is 6.07 Å². The van der Waals surface area contributed by atoms with E-state index in [-0.39, 0.29) is 10.9 Å². The van der Waals surface area contributed by atoms with Crippen molar-refractivity contribution >= 4 is 15.9 Å². The standard InChI is InChI=1S/C8H4BrF6NO2/c9-2-3-1-4(17)5(7(10,11)12)16-6(3)18-8(13,14)15/h1,17H,2H2. The molecular weight excluding hydrogens is 336 g/mol. The van der Waals surface area contributed by atoms with Crippen LogP contribution in [-0.4, -0.2) is 16.5 Å². The summed E-state index contributed by atoms with van der Waals surface area (Å²) in [5, 5.41) is 8.77. The lowest BCUT2D eigenvalue weighted by molar-refractivity contribution is -0.276. The minimum atomic E-state index is -5.18. The third-order valence-electron chi connectivity index (χ3n) is 1.67. The van der Waals surface area contributed by atoms with Crippen LogP contribution in [0, 0.1) is 0 Å². The highest BCUT2D eigenvalue weighted by molar-refractivity contribution is 9.08. The molecule has 102 valence electrons. The van der Waals surface area contributed by atoms with Crippen molar-refractivity contribution in [2.75, 3.05) is 0 Å². The Kier molecular flexibility index (Phi) is 3.99. The Morgan fingerprint density at radius 3 is 2.17 bits per heavy atom. The molecule has 0 bridgehead atoms. The van der Waals surface area contributed by atoms with Gasteiger partial charge < -0.3 is 9.84 Å². The van der Waals surface area contributed by atoms with Gasteiger partial charge >= 0.3 is 12.5 Å². The molecule has 3 nitrogen and oxygen atoms in total. The zero-order valence-electron chi connectivity index (χ0n) is 8.23. The van der Waals surface area contributed by atoms with Gasteiger partial charge in [0.2, 0.25) is 5.88 Å². The van der Waals surface area contributed by atoms with E-state index in [1.54, 1.807) is 0 Å². The summed E-state index contributed by atoms with van der Waals surface area (Å²) in [6, 6.07) is 0.506. The summed E-state index contributed by atoms with van der Waals surface area (Å²) in [6.45, 7) is 0. The molecule has 1 N–H and O–H groups in total. The van der Waals surface area contributed by atoms with Gasteiger partial charge in [-0.05, 0) is 6.07 Å². The summed E-state index contributed by atoms with van der Waals surface area (Å²) in [5.41, 5.74) is -2.20. The fraction of sp³-hybridized carbons (Fsp3) is 0.375. The molecule has 0 saturated carbocycles. The highest BCUT2D eigenvalue weighted by Crippen LogP contribution is 2.38. The molecule has 1 aromatic rings. The van der Waals surface area contributed by atoms with Gasteiger partial charge in [-0.2, -0.15) is 13.2 Å². The predicted octanol–water partition coefficient (Wildman–Crippen LogP) is 3.60. The quantitative estimate of drug-likeness (QED) is 0.661. The van der Waals surface area contributed by atoms with E-state index in [1.165, 1.54) is 0 Å². The van der Waals surface area contributed by atoms with Crippen LogP contribution in [0.1, 0.15) is 11.3 Å². The zero-order valence-corrected chi connectivity index (χ0v) is 9.82. The van der Waals surface area contributed by atoms with E-state index in [1.807, 2.05) is 0 Å². The van der Waals surface area contributed by atoms with Crippen molar-refractivity contribution in [2.24, 2.45) is 0 Å². The maximum Gasteiger partial charge on any atom is 0.574 e. The molecule has 0 aromatic carbocycles. The summed E-state index contributed by atoms with van der Waals surface area (Å²) in [5.74, 6) is -2.53. The van der Waals surface area contributed by atoms with Gasteiger partial charge in [-0.1, -0.05) is 15.9 Å². The SMILES string of the molecule is Oc1cc(CBr)c(OC(F)(F)F)nc1C(F)(F)F. The first-order chi connectivity index (χ1) is 8.04. The lowest BCUT2D eigenvalue weighted by Crippen LogP contribution is -2.20. The molecule has 0 aliphatic rings. The first kappa shape index (κ1) is 14.9. The Labute approximate surface area is 105 Å². The maximum absolute atomic E-state index is 12.3. The van der Waals surface area contributed by atoms with Crippen molar-refractivity contribution < 1.29 is 36.2 Å². The number of rotatable bonds is 2. The summed E-state index contributed by atoms with van der Waals surface area (Å²) in [6.07, 6.45) is -10.3. The van der Waals surface area contributed by atoms with E-state index in [0.29, 0.717) is 6.07 Å². The molecule has 0 amide bonds. The van der Waals surface area contributed by atoms with Gasteiger partial charge in [0.15, 0.2) is 5.69 Å². The molecule has 0 atom stereocenters. The smallest absolute Gasteiger partial charge is 0.506 e. The average Bonchev–Trinajstić information content (AvgIpc) is 2.16. The molecule has 10 heteroatoms. The van der Waals surface area contributed by atoms with Crippen molar-refractivity contribution in [1.82, 2.24) is 4.98 Å². The Hall–Kier alpha value is -1.19. The predicted molar refractivity (Wildman–Crippen MR) is 50.2 cm³/mol. The number of ether oxygens (including phenoxy) is 1. The average molecular weight is 340 g/mol. The van der Waals surface area contributed by atoms with Crippen LogP contribution in [0.5, 0.6) is 11.6 Å². The van der Waals surface area contributed by atoms with E-state index in [4.69, 9.17) is 5.11 Å². The van der Waals surface area contributed by atoms with Gasteiger partial charge in [-0.15, -0.1) is 13.2 Å². The van der Waals surface area contributed by atoms with E-state index < -0.39 is 29.9 Å². The number of aromatic nitrogens is 1. The van der Waals surface area contributed by atoms with E-state index >= 15 is 0 Å². The van der Waals surface area contributed by atoms with Crippen molar-refractivity contribution in [3.8, 4) is 11.6 Å². The van der Waals surface area contributed by atoms with E-state index in [0.717, 1.165) is 0 Å². The van der Waals surface area contributed by atoms with Crippen LogP contribution in [0.4, 0.5) is 26.3 Å². The van der Waals surface area contributed by atoms with Crippen LogP contribution in [-0.2, 0) is 11.5 Å². The van der Waals surface area contributed by atoms with Crippen molar-refractivity contribution in [2.45, 2.75) is 17.9 Å². The maximum atomic E-state index is 12.3. The van der Waals surface area contributed by atoms with E-state index in [2.05, 4.69) is 25.7 Å². The highest BCUT2D eigenvalue weighted by Gasteiger charge is 2.39. The monoisotopic (exact) mass is 339 g/mol. The Morgan fingerprint density at radius 2 is 1.78 bits per heavy atom. The minimum absolute atomic E-state index is 0.267. The minimum Gasteiger partial charge on any atom is -0.506 e. The number of nitrogens with zero attached hydrogens (tertiary/aromatic N) is 1. The zero-order chi connectivity index (χ0) is 14.1. The molecule has 0 unspecified atom stereocenters. The molecule has 0 fully saturated rings.